The number of fused-ring (bicyclic) bond motifs is 1. The molecule has 0 aliphatic carbocycles. The lowest BCUT2D eigenvalue weighted by atomic mass is 10.1. The van der Waals surface area contributed by atoms with Gasteiger partial charge in [0.25, 0.3) is 17.0 Å². The van der Waals surface area contributed by atoms with Gasteiger partial charge >= 0.3 is 5.69 Å². The van der Waals surface area contributed by atoms with Gasteiger partial charge in [-0.05, 0) is 12.1 Å². The number of nitrogens with one attached hydrogen (secondary N) is 1. The van der Waals surface area contributed by atoms with Gasteiger partial charge in [0.15, 0.2) is 0 Å². The summed E-state index contributed by atoms with van der Waals surface area (Å²) in [5.74, 6) is -0.670. The summed E-state index contributed by atoms with van der Waals surface area (Å²) in [5.41, 5.74) is -1.50. The fourth-order valence-electron chi connectivity index (χ4n) is 2.79. The van der Waals surface area contributed by atoms with Crippen LogP contribution in [-0.4, -0.2) is 19.6 Å². The predicted molar refractivity (Wildman–Crippen MR) is 99.1 cm³/mol. The average Bonchev–Trinajstić information content (AvgIpc) is 2.61. The van der Waals surface area contributed by atoms with Gasteiger partial charge in [0.05, 0.1) is 21.7 Å². The second-order valence-electron chi connectivity index (χ2n) is 5.79. The zero-order valence-electron chi connectivity index (χ0n) is 14.2. The Morgan fingerprint density at radius 3 is 2.31 bits per heavy atom. The molecule has 134 valence electrons. The molecule has 1 amide bonds. The van der Waals surface area contributed by atoms with E-state index >= 15 is 0 Å². The van der Waals surface area contributed by atoms with Gasteiger partial charge in [-0.3, -0.25) is 28.1 Å². The first kappa shape index (κ1) is 17.7. The van der Waals surface area contributed by atoms with Crippen molar-refractivity contribution in [2.75, 3.05) is 5.32 Å². The van der Waals surface area contributed by atoms with Crippen molar-refractivity contribution >= 4 is 34.2 Å². The first-order valence-electron chi connectivity index (χ1n) is 7.59. The van der Waals surface area contributed by atoms with Crippen molar-refractivity contribution in [3.05, 3.63) is 72.1 Å². The van der Waals surface area contributed by atoms with Crippen molar-refractivity contribution < 1.29 is 4.79 Å². The molecule has 0 spiro atoms. The van der Waals surface area contributed by atoms with E-state index in [1.165, 1.54) is 21.1 Å². The minimum absolute atomic E-state index is 0.0266. The van der Waals surface area contributed by atoms with Crippen molar-refractivity contribution in [1.29, 1.82) is 0 Å². The van der Waals surface area contributed by atoms with Crippen molar-refractivity contribution in [3.8, 4) is 0 Å². The second-order valence-corrected chi connectivity index (χ2v) is 6.20. The second kappa shape index (κ2) is 6.30. The number of amides is 1. The van der Waals surface area contributed by atoms with Crippen LogP contribution >= 0.6 is 11.6 Å². The highest BCUT2D eigenvalue weighted by molar-refractivity contribution is 6.34. The number of nitrogens with zero attached hydrogens (tertiary/aromatic N) is 3. The molecule has 2 heterocycles. The molecular formula is C17H15ClN4O4. The predicted octanol–water partition coefficient (Wildman–Crippen LogP) is 0.842. The molecule has 0 bridgehead atoms. The number of hydrogen-bond donors (Lipinski definition) is 1. The molecule has 3 rings (SSSR count). The number of carbonyl (C=O) groups excluding carboxylic acids is 1. The van der Waals surface area contributed by atoms with E-state index in [4.69, 9.17) is 11.6 Å². The molecule has 3 aromatic rings. The highest BCUT2D eigenvalue weighted by Gasteiger charge is 2.21. The molecule has 0 atom stereocenters. The Labute approximate surface area is 151 Å². The summed E-state index contributed by atoms with van der Waals surface area (Å²) < 4.78 is 3.20. The third-order valence-corrected chi connectivity index (χ3v) is 4.52. The Kier molecular flexibility index (Phi) is 4.29. The smallest absolute Gasteiger partial charge is 0.321 e. The Balaban J connectivity index is 2.34. The quantitative estimate of drug-likeness (QED) is 0.719. The van der Waals surface area contributed by atoms with E-state index in [0.717, 1.165) is 19.8 Å². The molecule has 0 unspecified atom stereocenters. The molecule has 0 aliphatic rings. The van der Waals surface area contributed by atoms with Crippen LogP contribution in [0.3, 0.4) is 0 Å². The van der Waals surface area contributed by atoms with Gasteiger partial charge in [-0.2, -0.15) is 0 Å². The summed E-state index contributed by atoms with van der Waals surface area (Å²) in [5, 5.41) is 2.88. The normalized spacial score (nSPS) is 10.9. The standard InChI is InChI=1S/C17H15ClN4O4/c1-20-12(23)8-9(14(24)19-11-7-5-4-6-10(11)18)13-15(20)21(2)17(26)22(3)16(13)25/h4-8H,1-3H3,(H,19,24). The maximum absolute atomic E-state index is 12.8. The van der Waals surface area contributed by atoms with Crippen LogP contribution in [0.1, 0.15) is 10.4 Å². The van der Waals surface area contributed by atoms with Crippen LogP contribution in [0.2, 0.25) is 5.02 Å². The summed E-state index contributed by atoms with van der Waals surface area (Å²) >= 11 is 6.04. The van der Waals surface area contributed by atoms with Crippen LogP contribution in [0, 0.1) is 0 Å². The maximum Gasteiger partial charge on any atom is 0.332 e. The van der Waals surface area contributed by atoms with Crippen LogP contribution in [0.15, 0.2) is 44.7 Å². The summed E-state index contributed by atoms with van der Waals surface area (Å²) in [7, 11) is 4.17. The molecular weight excluding hydrogens is 360 g/mol. The van der Waals surface area contributed by atoms with Gasteiger partial charge in [-0.1, -0.05) is 23.7 Å². The summed E-state index contributed by atoms with van der Waals surface area (Å²) in [6, 6.07) is 7.66. The summed E-state index contributed by atoms with van der Waals surface area (Å²) in [6.07, 6.45) is 0. The van der Waals surface area contributed by atoms with E-state index in [9.17, 15) is 19.2 Å². The molecule has 2 aromatic heterocycles. The Hall–Kier alpha value is -3.13. The minimum Gasteiger partial charge on any atom is -0.321 e. The minimum atomic E-state index is -0.670. The first-order valence-corrected chi connectivity index (χ1v) is 7.97. The van der Waals surface area contributed by atoms with E-state index in [-0.39, 0.29) is 16.6 Å². The van der Waals surface area contributed by atoms with Crippen molar-refractivity contribution in [3.63, 3.8) is 0 Å². The van der Waals surface area contributed by atoms with E-state index < -0.39 is 22.7 Å². The Morgan fingerprint density at radius 2 is 1.65 bits per heavy atom. The lowest BCUT2D eigenvalue weighted by molar-refractivity contribution is 0.102. The number of aryl methyl sites for hydroxylation is 2. The zero-order valence-corrected chi connectivity index (χ0v) is 15.0. The summed E-state index contributed by atoms with van der Waals surface area (Å²) in [4.78, 5) is 49.8. The van der Waals surface area contributed by atoms with Crippen molar-refractivity contribution in [1.82, 2.24) is 13.7 Å². The van der Waals surface area contributed by atoms with E-state index in [2.05, 4.69) is 5.32 Å². The van der Waals surface area contributed by atoms with E-state index in [0.29, 0.717) is 10.7 Å². The van der Waals surface area contributed by atoms with Gasteiger partial charge in [-0.25, -0.2) is 4.79 Å². The average molecular weight is 375 g/mol. The molecule has 26 heavy (non-hydrogen) atoms. The SMILES string of the molecule is Cn1c(=O)c2c(C(=O)Nc3ccccc3Cl)cc(=O)n(C)c2n(C)c1=O. The molecule has 9 heteroatoms. The molecule has 1 N–H and O–H groups in total. The number of carbonyl (C=O) groups is 1. The van der Waals surface area contributed by atoms with Crippen molar-refractivity contribution in [2.24, 2.45) is 21.1 Å². The number of aromatic nitrogens is 3. The molecule has 0 fully saturated rings. The number of halogens is 1. The van der Waals surface area contributed by atoms with Gasteiger partial charge < -0.3 is 5.32 Å². The van der Waals surface area contributed by atoms with Crippen molar-refractivity contribution in [2.45, 2.75) is 0 Å². The number of rotatable bonds is 2. The van der Waals surface area contributed by atoms with Crippen LogP contribution in [-0.2, 0) is 21.1 Å². The van der Waals surface area contributed by atoms with Gasteiger partial charge in [0.1, 0.15) is 5.65 Å². The van der Waals surface area contributed by atoms with E-state index in [1.807, 2.05) is 0 Å². The van der Waals surface area contributed by atoms with Gasteiger partial charge in [0.2, 0.25) is 0 Å². The highest BCUT2D eigenvalue weighted by Crippen LogP contribution is 2.22. The van der Waals surface area contributed by atoms with Crippen LogP contribution in [0.4, 0.5) is 5.69 Å². The molecule has 8 nitrogen and oxygen atoms in total. The molecule has 0 saturated carbocycles. The lowest BCUT2D eigenvalue weighted by Gasteiger charge is -2.14. The number of anilines is 1. The molecule has 0 radical (unpaired) electrons. The van der Waals surface area contributed by atoms with Crippen LogP contribution in [0.5, 0.6) is 0 Å². The molecule has 0 aliphatic heterocycles. The monoisotopic (exact) mass is 374 g/mol. The van der Waals surface area contributed by atoms with Gasteiger partial charge in [0, 0.05) is 27.2 Å². The Morgan fingerprint density at radius 1 is 1.00 bits per heavy atom. The van der Waals surface area contributed by atoms with Crippen LogP contribution < -0.4 is 22.1 Å². The zero-order chi connectivity index (χ0) is 19.2. The fourth-order valence-corrected chi connectivity index (χ4v) is 2.97. The lowest BCUT2D eigenvalue weighted by Crippen LogP contribution is -2.40. The number of pyridine rings is 1. The van der Waals surface area contributed by atoms with Gasteiger partial charge in [-0.15, -0.1) is 0 Å². The van der Waals surface area contributed by atoms with E-state index in [1.54, 1.807) is 24.3 Å². The highest BCUT2D eigenvalue weighted by atomic mass is 35.5. The number of para-hydroxylation sites is 1. The third-order valence-electron chi connectivity index (χ3n) is 4.19. The number of benzene rings is 1. The van der Waals surface area contributed by atoms with Crippen LogP contribution in [0.25, 0.3) is 11.0 Å². The number of hydrogen-bond acceptors (Lipinski definition) is 4. The fraction of sp³-hybridized carbons (Fsp3) is 0.176. The Bertz CT molecular complexity index is 1240. The maximum atomic E-state index is 12.8. The first-order chi connectivity index (χ1) is 12.2. The molecule has 0 saturated heterocycles. The molecule has 1 aromatic carbocycles. The largest absolute Gasteiger partial charge is 0.332 e. The summed E-state index contributed by atoms with van der Waals surface area (Å²) in [6.45, 7) is 0. The third kappa shape index (κ3) is 2.64. The topological polar surface area (TPSA) is 95.1 Å².